The Morgan fingerprint density at radius 1 is 1.10 bits per heavy atom. The van der Waals surface area contributed by atoms with Crippen molar-refractivity contribution in [2.45, 2.75) is 20.4 Å². The number of carbonyl (C=O) groups is 1. The van der Waals surface area contributed by atoms with E-state index in [4.69, 9.17) is 5.11 Å². The van der Waals surface area contributed by atoms with Crippen molar-refractivity contribution in [3.8, 4) is 0 Å². The van der Waals surface area contributed by atoms with Gasteiger partial charge in [-0.25, -0.2) is 4.79 Å². The zero-order valence-electron chi connectivity index (χ0n) is 12.1. The number of anilines is 1. The van der Waals surface area contributed by atoms with Gasteiger partial charge < -0.3 is 10.0 Å². The first-order chi connectivity index (χ1) is 9.49. The monoisotopic (exact) mass is 269 g/mol. The molecule has 3 heteroatoms. The molecule has 104 valence electrons. The summed E-state index contributed by atoms with van der Waals surface area (Å²) in [6.45, 7) is 4.85. The van der Waals surface area contributed by atoms with Crippen LogP contribution in [0.4, 0.5) is 5.69 Å². The van der Waals surface area contributed by atoms with Crippen LogP contribution in [0.3, 0.4) is 0 Å². The normalized spacial score (nSPS) is 10.3. The van der Waals surface area contributed by atoms with Gasteiger partial charge in [-0.1, -0.05) is 24.3 Å². The van der Waals surface area contributed by atoms with Crippen LogP contribution in [-0.2, 0) is 6.54 Å². The van der Waals surface area contributed by atoms with Crippen LogP contribution in [-0.4, -0.2) is 18.1 Å². The number of hydrogen-bond acceptors (Lipinski definition) is 2. The maximum Gasteiger partial charge on any atom is 0.335 e. The highest BCUT2D eigenvalue weighted by Gasteiger charge is 2.10. The second-order valence-electron chi connectivity index (χ2n) is 5.09. The molecule has 0 bridgehead atoms. The lowest BCUT2D eigenvalue weighted by Gasteiger charge is -2.22. The predicted octanol–water partition coefficient (Wildman–Crippen LogP) is 3.64. The first kappa shape index (κ1) is 14.1. The number of rotatable bonds is 4. The number of aryl methyl sites for hydroxylation is 2. The van der Waals surface area contributed by atoms with Crippen LogP contribution in [0, 0.1) is 13.8 Å². The van der Waals surface area contributed by atoms with Crippen LogP contribution in [0.25, 0.3) is 0 Å². The molecule has 0 amide bonds. The third-order valence-electron chi connectivity index (χ3n) is 3.52. The fourth-order valence-electron chi connectivity index (χ4n) is 2.34. The van der Waals surface area contributed by atoms with Crippen molar-refractivity contribution in [3.05, 3.63) is 64.7 Å². The van der Waals surface area contributed by atoms with Gasteiger partial charge in [-0.15, -0.1) is 0 Å². The highest BCUT2D eigenvalue weighted by atomic mass is 16.4. The third-order valence-corrected chi connectivity index (χ3v) is 3.52. The quantitative estimate of drug-likeness (QED) is 0.921. The van der Waals surface area contributed by atoms with E-state index in [9.17, 15) is 4.79 Å². The molecule has 3 nitrogen and oxygen atoms in total. The Hall–Kier alpha value is -2.29. The lowest BCUT2D eigenvalue weighted by molar-refractivity contribution is 0.0697. The number of carboxylic acid groups (broad SMARTS) is 1. The van der Waals surface area contributed by atoms with Gasteiger partial charge in [0.05, 0.1) is 5.56 Å². The highest BCUT2D eigenvalue weighted by Crippen LogP contribution is 2.22. The fourth-order valence-corrected chi connectivity index (χ4v) is 2.34. The molecule has 0 unspecified atom stereocenters. The molecule has 0 aliphatic rings. The Bertz CT molecular complexity index is 635. The molecule has 20 heavy (non-hydrogen) atoms. The van der Waals surface area contributed by atoms with Gasteiger partial charge in [-0.3, -0.25) is 0 Å². The van der Waals surface area contributed by atoms with Crippen molar-refractivity contribution in [2.24, 2.45) is 0 Å². The molecule has 0 aliphatic heterocycles. The van der Waals surface area contributed by atoms with Crippen molar-refractivity contribution in [2.75, 3.05) is 11.9 Å². The van der Waals surface area contributed by atoms with E-state index >= 15 is 0 Å². The molecule has 0 radical (unpaired) electrons. The van der Waals surface area contributed by atoms with Gasteiger partial charge in [-0.2, -0.15) is 0 Å². The van der Waals surface area contributed by atoms with E-state index < -0.39 is 5.97 Å². The molecule has 0 spiro atoms. The van der Waals surface area contributed by atoms with E-state index in [1.54, 1.807) is 12.1 Å². The largest absolute Gasteiger partial charge is 0.478 e. The summed E-state index contributed by atoms with van der Waals surface area (Å²) in [5.74, 6) is -0.888. The molecule has 2 aromatic rings. The van der Waals surface area contributed by atoms with Crippen molar-refractivity contribution in [1.29, 1.82) is 0 Å². The van der Waals surface area contributed by atoms with E-state index in [0.717, 1.165) is 17.8 Å². The van der Waals surface area contributed by atoms with Gasteiger partial charge >= 0.3 is 5.97 Å². The molecule has 0 fully saturated rings. The van der Waals surface area contributed by atoms with Crippen molar-refractivity contribution < 1.29 is 9.90 Å². The number of benzene rings is 2. The maximum absolute atomic E-state index is 11.0. The lowest BCUT2D eigenvalue weighted by atomic mass is 10.1. The average molecular weight is 269 g/mol. The van der Waals surface area contributed by atoms with Crippen LogP contribution in [0.2, 0.25) is 0 Å². The number of carboxylic acids is 1. The number of hydrogen-bond donors (Lipinski definition) is 1. The summed E-state index contributed by atoms with van der Waals surface area (Å²) < 4.78 is 0. The summed E-state index contributed by atoms with van der Waals surface area (Å²) in [7, 11) is 2.02. The number of nitrogens with zero attached hydrogens (tertiary/aromatic N) is 1. The van der Waals surface area contributed by atoms with Crippen LogP contribution in [0.5, 0.6) is 0 Å². The molecule has 0 atom stereocenters. The van der Waals surface area contributed by atoms with Crippen molar-refractivity contribution in [3.63, 3.8) is 0 Å². The third kappa shape index (κ3) is 2.99. The topological polar surface area (TPSA) is 40.5 Å². The summed E-state index contributed by atoms with van der Waals surface area (Å²) in [6.07, 6.45) is 0. The summed E-state index contributed by atoms with van der Waals surface area (Å²) in [4.78, 5) is 13.1. The standard InChI is InChI=1S/C17H19NO2/c1-12-6-4-5-7-15(12)11-18(3)16-9-8-14(17(19)20)10-13(16)2/h4-10H,11H2,1-3H3,(H,19,20). The first-order valence-corrected chi connectivity index (χ1v) is 6.58. The fraction of sp³-hybridized carbons (Fsp3) is 0.235. The molecular weight excluding hydrogens is 250 g/mol. The Labute approximate surface area is 119 Å². The van der Waals surface area contributed by atoms with Gasteiger partial charge in [0.25, 0.3) is 0 Å². The van der Waals surface area contributed by atoms with Gasteiger partial charge in [-0.05, 0) is 48.7 Å². The summed E-state index contributed by atoms with van der Waals surface area (Å²) in [5.41, 5.74) is 4.89. The Balaban J connectivity index is 2.23. The minimum atomic E-state index is -0.888. The van der Waals surface area contributed by atoms with Gasteiger partial charge in [0.15, 0.2) is 0 Å². The van der Waals surface area contributed by atoms with Crippen LogP contribution >= 0.6 is 0 Å². The smallest absolute Gasteiger partial charge is 0.335 e. The molecule has 2 aromatic carbocycles. The van der Waals surface area contributed by atoms with E-state index in [0.29, 0.717) is 5.56 Å². The molecule has 0 aromatic heterocycles. The molecule has 1 N–H and O–H groups in total. The summed E-state index contributed by atoms with van der Waals surface area (Å²) >= 11 is 0. The average Bonchev–Trinajstić information content (AvgIpc) is 2.41. The van der Waals surface area contributed by atoms with Crippen LogP contribution < -0.4 is 4.90 Å². The second-order valence-corrected chi connectivity index (χ2v) is 5.09. The predicted molar refractivity (Wildman–Crippen MR) is 81.4 cm³/mol. The Morgan fingerprint density at radius 2 is 1.80 bits per heavy atom. The SMILES string of the molecule is Cc1ccccc1CN(C)c1ccc(C(=O)O)cc1C. The zero-order chi connectivity index (χ0) is 14.7. The summed E-state index contributed by atoms with van der Waals surface area (Å²) in [5, 5.41) is 9.00. The van der Waals surface area contributed by atoms with Crippen LogP contribution in [0.1, 0.15) is 27.0 Å². The van der Waals surface area contributed by atoms with E-state index in [1.165, 1.54) is 11.1 Å². The second kappa shape index (κ2) is 5.78. The van der Waals surface area contributed by atoms with E-state index in [-0.39, 0.29) is 0 Å². The van der Waals surface area contributed by atoms with Crippen molar-refractivity contribution in [1.82, 2.24) is 0 Å². The Morgan fingerprint density at radius 3 is 2.40 bits per heavy atom. The molecule has 2 rings (SSSR count). The lowest BCUT2D eigenvalue weighted by Crippen LogP contribution is -2.18. The summed E-state index contributed by atoms with van der Waals surface area (Å²) in [6, 6.07) is 13.5. The highest BCUT2D eigenvalue weighted by molar-refractivity contribution is 5.88. The molecular formula is C17H19NO2. The molecule has 0 saturated carbocycles. The van der Waals surface area contributed by atoms with E-state index in [2.05, 4.69) is 24.0 Å². The van der Waals surface area contributed by atoms with E-state index in [1.807, 2.05) is 32.2 Å². The van der Waals surface area contributed by atoms with Gasteiger partial charge in [0.2, 0.25) is 0 Å². The molecule has 0 saturated heterocycles. The maximum atomic E-state index is 11.0. The molecule has 0 aliphatic carbocycles. The van der Waals surface area contributed by atoms with Crippen LogP contribution in [0.15, 0.2) is 42.5 Å². The first-order valence-electron chi connectivity index (χ1n) is 6.58. The zero-order valence-corrected chi connectivity index (χ0v) is 12.1. The minimum Gasteiger partial charge on any atom is -0.478 e. The van der Waals surface area contributed by atoms with Gasteiger partial charge in [0.1, 0.15) is 0 Å². The van der Waals surface area contributed by atoms with Crippen molar-refractivity contribution >= 4 is 11.7 Å². The molecule has 0 heterocycles. The number of aromatic carboxylic acids is 1. The minimum absolute atomic E-state index is 0.329. The van der Waals surface area contributed by atoms with Gasteiger partial charge in [0, 0.05) is 19.3 Å². The Kier molecular flexibility index (Phi) is 4.08.